The predicted octanol–water partition coefficient (Wildman–Crippen LogP) is 1.68. The zero-order valence-corrected chi connectivity index (χ0v) is 10.9. The van der Waals surface area contributed by atoms with Crippen molar-refractivity contribution in [2.24, 2.45) is 0 Å². The summed E-state index contributed by atoms with van der Waals surface area (Å²) >= 11 is 1.08. The first-order valence-electron chi connectivity index (χ1n) is 5.50. The molecule has 0 aliphatic carbocycles. The van der Waals surface area contributed by atoms with Crippen molar-refractivity contribution in [3.05, 3.63) is 24.3 Å². The molecule has 2 aromatic rings. The molecule has 6 nitrogen and oxygen atoms in total. The zero-order chi connectivity index (χ0) is 13.8. The van der Waals surface area contributed by atoms with Crippen LogP contribution in [0.15, 0.2) is 23.6 Å². The Bertz CT molecular complexity index is 602. The first-order chi connectivity index (χ1) is 9.11. The lowest BCUT2D eigenvalue weighted by atomic mass is 10.2. The van der Waals surface area contributed by atoms with E-state index in [1.54, 1.807) is 4.57 Å². The van der Waals surface area contributed by atoms with E-state index in [9.17, 15) is 9.18 Å². The second kappa shape index (κ2) is 5.79. The van der Waals surface area contributed by atoms with Crippen molar-refractivity contribution in [1.29, 1.82) is 0 Å². The standard InChI is InChI=1S/C11H11FN4O2S/c1-2-16-10(7-3-8(12)5-13-4-7)14-15-11(16)19-6-9(17)18/h3-5H,2,6H2,1H3,(H,17,18). The molecular formula is C11H11FN4O2S. The molecule has 0 saturated heterocycles. The van der Waals surface area contributed by atoms with Gasteiger partial charge >= 0.3 is 5.97 Å². The fourth-order valence-corrected chi connectivity index (χ4v) is 2.28. The van der Waals surface area contributed by atoms with E-state index in [-0.39, 0.29) is 5.75 Å². The van der Waals surface area contributed by atoms with Crippen molar-refractivity contribution in [3.63, 3.8) is 0 Å². The van der Waals surface area contributed by atoms with E-state index >= 15 is 0 Å². The molecule has 0 unspecified atom stereocenters. The number of pyridine rings is 1. The molecule has 2 heterocycles. The summed E-state index contributed by atoms with van der Waals surface area (Å²) in [7, 11) is 0. The average Bonchev–Trinajstić information content (AvgIpc) is 2.79. The minimum absolute atomic E-state index is 0.0977. The van der Waals surface area contributed by atoms with Crippen LogP contribution < -0.4 is 0 Å². The summed E-state index contributed by atoms with van der Waals surface area (Å²) in [5, 5.41) is 17.0. The fraction of sp³-hybridized carbons (Fsp3) is 0.273. The molecule has 2 rings (SSSR count). The molecule has 8 heteroatoms. The number of carboxylic acid groups (broad SMARTS) is 1. The van der Waals surface area contributed by atoms with E-state index < -0.39 is 11.8 Å². The van der Waals surface area contributed by atoms with Crippen LogP contribution in [0.3, 0.4) is 0 Å². The number of aromatic nitrogens is 4. The third kappa shape index (κ3) is 3.08. The quantitative estimate of drug-likeness (QED) is 0.840. The number of rotatable bonds is 5. The second-order valence-corrected chi connectivity index (χ2v) is 4.57. The van der Waals surface area contributed by atoms with Gasteiger partial charge in [-0.1, -0.05) is 11.8 Å². The van der Waals surface area contributed by atoms with Gasteiger partial charge in [0.25, 0.3) is 0 Å². The minimum atomic E-state index is -0.926. The van der Waals surface area contributed by atoms with Crippen LogP contribution in [0.5, 0.6) is 0 Å². The van der Waals surface area contributed by atoms with E-state index in [2.05, 4.69) is 15.2 Å². The van der Waals surface area contributed by atoms with Gasteiger partial charge in [-0.3, -0.25) is 9.78 Å². The van der Waals surface area contributed by atoms with Gasteiger partial charge in [0.1, 0.15) is 5.82 Å². The van der Waals surface area contributed by atoms with Gasteiger partial charge in [0.05, 0.1) is 11.9 Å². The molecule has 0 aliphatic heterocycles. The van der Waals surface area contributed by atoms with Gasteiger partial charge in [0.2, 0.25) is 0 Å². The number of carboxylic acids is 1. The van der Waals surface area contributed by atoms with Crippen molar-refractivity contribution in [2.45, 2.75) is 18.6 Å². The van der Waals surface area contributed by atoms with Crippen LogP contribution in [0.2, 0.25) is 0 Å². The highest BCUT2D eigenvalue weighted by Gasteiger charge is 2.14. The molecule has 0 saturated carbocycles. The van der Waals surface area contributed by atoms with Crippen LogP contribution in [0.1, 0.15) is 6.92 Å². The maximum absolute atomic E-state index is 13.1. The first kappa shape index (κ1) is 13.5. The van der Waals surface area contributed by atoms with Gasteiger partial charge in [-0.05, 0) is 13.0 Å². The number of hydrogen-bond acceptors (Lipinski definition) is 5. The van der Waals surface area contributed by atoms with E-state index in [4.69, 9.17) is 5.11 Å². The Hall–Kier alpha value is -1.96. The van der Waals surface area contributed by atoms with Crippen LogP contribution in [-0.2, 0) is 11.3 Å². The molecule has 0 aromatic carbocycles. The topological polar surface area (TPSA) is 80.9 Å². The largest absolute Gasteiger partial charge is 0.481 e. The van der Waals surface area contributed by atoms with Crippen LogP contribution in [-0.4, -0.2) is 36.6 Å². The average molecular weight is 282 g/mol. The highest BCUT2D eigenvalue weighted by molar-refractivity contribution is 7.99. The van der Waals surface area contributed by atoms with Gasteiger partial charge in [-0.15, -0.1) is 10.2 Å². The van der Waals surface area contributed by atoms with Crippen LogP contribution >= 0.6 is 11.8 Å². The number of nitrogens with zero attached hydrogens (tertiary/aromatic N) is 4. The smallest absolute Gasteiger partial charge is 0.313 e. The SMILES string of the molecule is CCn1c(SCC(=O)O)nnc1-c1cncc(F)c1. The molecule has 0 atom stereocenters. The van der Waals surface area contributed by atoms with Crippen molar-refractivity contribution in [2.75, 3.05) is 5.75 Å². The van der Waals surface area contributed by atoms with Gasteiger partial charge < -0.3 is 9.67 Å². The third-order valence-corrected chi connectivity index (χ3v) is 3.27. The summed E-state index contributed by atoms with van der Waals surface area (Å²) in [4.78, 5) is 14.3. The predicted molar refractivity (Wildman–Crippen MR) is 67.2 cm³/mol. The summed E-state index contributed by atoms with van der Waals surface area (Å²) < 4.78 is 14.9. The molecule has 19 heavy (non-hydrogen) atoms. The highest BCUT2D eigenvalue weighted by atomic mass is 32.2. The lowest BCUT2D eigenvalue weighted by molar-refractivity contribution is -0.133. The molecule has 0 radical (unpaired) electrons. The van der Waals surface area contributed by atoms with Gasteiger partial charge in [-0.25, -0.2) is 4.39 Å². The van der Waals surface area contributed by atoms with Gasteiger partial charge in [-0.2, -0.15) is 0 Å². The van der Waals surface area contributed by atoms with E-state index in [0.717, 1.165) is 18.0 Å². The fourth-order valence-electron chi connectivity index (χ4n) is 1.55. The number of aliphatic carboxylic acids is 1. The van der Waals surface area contributed by atoms with Crippen molar-refractivity contribution < 1.29 is 14.3 Å². The molecule has 0 spiro atoms. The van der Waals surface area contributed by atoms with E-state index in [1.165, 1.54) is 12.3 Å². The number of hydrogen-bond donors (Lipinski definition) is 1. The molecule has 0 fully saturated rings. The molecule has 100 valence electrons. The summed E-state index contributed by atoms with van der Waals surface area (Å²) in [5.74, 6) is -1.01. The summed E-state index contributed by atoms with van der Waals surface area (Å²) in [6, 6.07) is 1.31. The maximum Gasteiger partial charge on any atom is 0.313 e. The van der Waals surface area contributed by atoms with Gasteiger partial charge in [0.15, 0.2) is 11.0 Å². The number of carbonyl (C=O) groups is 1. The summed E-state index contributed by atoms with van der Waals surface area (Å²) in [6.45, 7) is 2.44. The highest BCUT2D eigenvalue weighted by Crippen LogP contribution is 2.23. The minimum Gasteiger partial charge on any atom is -0.481 e. The Balaban J connectivity index is 2.34. The molecule has 0 bridgehead atoms. The van der Waals surface area contributed by atoms with Crippen LogP contribution in [0.25, 0.3) is 11.4 Å². The van der Waals surface area contributed by atoms with Crippen molar-refractivity contribution >= 4 is 17.7 Å². The summed E-state index contributed by atoms with van der Waals surface area (Å²) in [6.07, 6.45) is 2.60. The maximum atomic E-state index is 13.1. The van der Waals surface area contributed by atoms with Crippen LogP contribution in [0, 0.1) is 5.82 Å². The Morgan fingerprint density at radius 2 is 2.26 bits per heavy atom. The Morgan fingerprint density at radius 1 is 1.47 bits per heavy atom. The molecule has 2 aromatic heterocycles. The first-order valence-corrected chi connectivity index (χ1v) is 6.49. The monoisotopic (exact) mass is 282 g/mol. The van der Waals surface area contributed by atoms with Crippen LogP contribution in [0.4, 0.5) is 4.39 Å². The summed E-state index contributed by atoms with van der Waals surface area (Å²) in [5.41, 5.74) is 0.511. The molecule has 1 N–H and O–H groups in total. The Labute approximate surface area is 112 Å². The van der Waals surface area contributed by atoms with Crippen molar-refractivity contribution in [1.82, 2.24) is 19.7 Å². The normalized spacial score (nSPS) is 10.6. The van der Waals surface area contributed by atoms with E-state index in [0.29, 0.717) is 23.1 Å². The zero-order valence-electron chi connectivity index (χ0n) is 10.1. The molecule has 0 amide bonds. The van der Waals surface area contributed by atoms with E-state index in [1.807, 2.05) is 6.92 Å². The Morgan fingerprint density at radius 3 is 2.89 bits per heavy atom. The van der Waals surface area contributed by atoms with Gasteiger partial charge in [0, 0.05) is 18.3 Å². The molecule has 0 aliphatic rings. The number of thioether (sulfide) groups is 1. The molecular weight excluding hydrogens is 271 g/mol. The third-order valence-electron chi connectivity index (χ3n) is 2.32. The lowest BCUT2D eigenvalue weighted by Crippen LogP contribution is -2.03. The Kier molecular flexibility index (Phi) is 4.10. The van der Waals surface area contributed by atoms with Crippen molar-refractivity contribution in [3.8, 4) is 11.4 Å². The lowest BCUT2D eigenvalue weighted by Gasteiger charge is -2.06. The second-order valence-electron chi connectivity index (χ2n) is 3.62. The number of halogens is 1.